The molecule has 0 fully saturated rings. The molecule has 2 aromatic rings. The first-order valence-electron chi connectivity index (χ1n) is 10.1. The van der Waals surface area contributed by atoms with Crippen molar-refractivity contribution >= 4 is 29.3 Å². The number of aromatic nitrogens is 1. The zero-order valence-corrected chi connectivity index (χ0v) is 20.8. The minimum absolute atomic E-state index is 0.215. The van der Waals surface area contributed by atoms with Crippen LogP contribution in [0.2, 0.25) is 0 Å². The number of hydrogen-bond donors (Lipinski definition) is 1. The Balaban J connectivity index is 2.79. The van der Waals surface area contributed by atoms with Crippen LogP contribution < -0.4 is 0 Å². The molecule has 7 heteroatoms. The van der Waals surface area contributed by atoms with Crippen LogP contribution in [0.25, 0.3) is 0 Å². The molecule has 1 aromatic carbocycles. The Morgan fingerprint density at radius 1 is 1.03 bits per heavy atom. The van der Waals surface area contributed by atoms with Crippen LogP contribution in [-0.2, 0) is 17.4 Å². The molecule has 164 valence electrons. The highest BCUT2D eigenvalue weighted by Gasteiger charge is 2.30. The number of rotatable bonds is 6. The van der Waals surface area contributed by atoms with E-state index >= 15 is 0 Å². The quantitative estimate of drug-likeness (QED) is 0.301. The topological polar surface area (TPSA) is 89.8 Å². The number of carbonyl (C=O) groups is 1. The van der Waals surface area contributed by atoms with Crippen LogP contribution >= 0.6 is 23.5 Å². The molecule has 5 nitrogen and oxygen atoms in total. The van der Waals surface area contributed by atoms with E-state index < -0.39 is 0 Å². The standard InChI is InChI=1S/C24H29N3O2S2/c1-8-9-27-12-16(21(30-13-25)22(27)31-14-26)19(28)15-10-17(23(2,3)4)20(29)18(11-15)24(5,6)7/h10-12,29H,8-9H2,1-7H3. The fraction of sp³-hybridized carbons (Fsp3) is 0.458. The Labute approximate surface area is 193 Å². The van der Waals surface area contributed by atoms with Crippen molar-refractivity contribution < 1.29 is 9.90 Å². The summed E-state index contributed by atoms with van der Waals surface area (Å²) in [5, 5.41) is 34.3. The van der Waals surface area contributed by atoms with Gasteiger partial charge in [0.1, 0.15) is 21.6 Å². The Morgan fingerprint density at radius 3 is 1.97 bits per heavy atom. The molecule has 1 N–H and O–H groups in total. The highest BCUT2D eigenvalue weighted by Crippen LogP contribution is 2.41. The summed E-state index contributed by atoms with van der Waals surface area (Å²) in [5.74, 6) is -0.00385. The minimum atomic E-state index is -0.361. The molecule has 0 radical (unpaired) electrons. The molecule has 0 unspecified atom stereocenters. The lowest BCUT2D eigenvalue weighted by atomic mass is 9.78. The summed E-state index contributed by atoms with van der Waals surface area (Å²) < 4.78 is 1.87. The Kier molecular flexibility index (Phi) is 7.57. The van der Waals surface area contributed by atoms with E-state index in [1.165, 1.54) is 0 Å². The molecular formula is C24H29N3O2S2. The Hall–Kier alpha value is -2.35. The third kappa shape index (κ3) is 5.29. The van der Waals surface area contributed by atoms with Crippen molar-refractivity contribution in [1.82, 2.24) is 4.57 Å². The number of thioether (sulfide) groups is 2. The van der Waals surface area contributed by atoms with Crippen molar-refractivity contribution in [1.29, 1.82) is 10.5 Å². The maximum Gasteiger partial charge on any atom is 0.195 e. The fourth-order valence-corrected chi connectivity index (χ4v) is 4.80. The smallest absolute Gasteiger partial charge is 0.195 e. The number of thiocyanates is 2. The summed E-state index contributed by atoms with van der Waals surface area (Å²) >= 11 is 1.87. The lowest BCUT2D eigenvalue weighted by Gasteiger charge is -2.28. The van der Waals surface area contributed by atoms with Gasteiger partial charge in [-0.25, -0.2) is 0 Å². The van der Waals surface area contributed by atoms with Crippen LogP contribution in [0.4, 0.5) is 0 Å². The molecule has 1 aromatic heterocycles. The number of ketones is 1. The number of nitriles is 2. The van der Waals surface area contributed by atoms with Gasteiger partial charge in [-0.2, -0.15) is 10.5 Å². The van der Waals surface area contributed by atoms with Crippen molar-refractivity contribution in [2.45, 2.75) is 82.2 Å². The second kappa shape index (κ2) is 9.42. The number of benzene rings is 1. The molecular weight excluding hydrogens is 426 g/mol. The lowest BCUT2D eigenvalue weighted by Crippen LogP contribution is -2.19. The Morgan fingerprint density at radius 2 is 1.55 bits per heavy atom. The first-order chi connectivity index (χ1) is 14.4. The van der Waals surface area contributed by atoms with Crippen LogP contribution in [0.15, 0.2) is 28.3 Å². The van der Waals surface area contributed by atoms with Crippen LogP contribution in [0.5, 0.6) is 5.75 Å². The number of phenols is 1. The molecule has 0 aliphatic heterocycles. The summed E-state index contributed by atoms with van der Waals surface area (Å²) in [4.78, 5) is 14.2. The second-order valence-electron chi connectivity index (χ2n) is 9.51. The maximum atomic E-state index is 13.7. The first kappa shape index (κ1) is 24.9. The number of carbonyl (C=O) groups excluding carboxylic acids is 1. The summed E-state index contributed by atoms with van der Waals surface area (Å²) in [7, 11) is 0. The minimum Gasteiger partial charge on any atom is -0.507 e. The molecule has 0 saturated heterocycles. The molecule has 31 heavy (non-hydrogen) atoms. The number of nitrogens with zero attached hydrogens (tertiary/aromatic N) is 3. The van der Waals surface area contributed by atoms with Gasteiger partial charge in [-0.3, -0.25) is 4.79 Å². The van der Waals surface area contributed by atoms with Crippen molar-refractivity contribution in [2.24, 2.45) is 0 Å². The maximum absolute atomic E-state index is 13.7. The third-order valence-corrected chi connectivity index (χ3v) is 6.53. The average molecular weight is 456 g/mol. The number of hydrogen-bond acceptors (Lipinski definition) is 6. The number of aromatic hydroxyl groups is 1. The zero-order chi connectivity index (χ0) is 23.6. The van der Waals surface area contributed by atoms with Gasteiger partial charge in [0.2, 0.25) is 0 Å². The van der Waals surface area contributed by atoms with E-state index in [1.807, 2.05) is 53.0 Å². The third-order valence-electron chi connectivity index (χ3n) is 4.97. The fourth-order valence-electron chi connectivity index (χ4n) is 3.44. The largest absolute Gasteiger partial charge is 0.507 e. The van der Waals surface area contributed by atoms with Crippen LogP contribution in [0.1, 0.15) is 81.9 Å². The summed E-state index contributed by atoms with van der Waals surface area (Å²) in [5.41, 5.74) is 1.56. The predicted molar refractivity (Wildman–Crippen MR) is 127 cm³/mol. The molecule has 0 spiro atoms. The second-order valence-corrected chi connectivity index (χ2v) is 11.1. The van der Waals surface area contributed by atoms with Gasteiger partial charge < -0.3 is 9.67 Å². The summed E-state index contributed by atoms with van der Waals surface area (Å²) in [6, 6.07) is 3.50. The zero-order valence-electron chi connectivity index (χ0n) is 19.2. The molecule has 0 atom stereocenters. The van der Waals surface area contributed by atoms with Gasteiger partial charge in [0.15, 0.2) is 5.78 Å². The first-order valence-corrected chi connectivity index (χ1v) is 11.8. The van der Waals surface area contributed by atoms with E-state index in [0.717, 1.165) is 29.9 Å². The molecule has 2 rings (SSSR count). The summed E-state index contributed by atoms with van der Waals surface area (Å²) in [6.07, 6.45) is 2.57. The van der Waals surface area contributed by atoms with E-state index in [2.05, 4.69) is 10.8 Å². The van der Waals surface area contributed by atoms with Gasteiger partial charge in [0, 0.05) is 41.2 Å². The van der Waals surface area contributed by atoms with Crippen LogP contribution in [0.3, 0.4) is 0 Å². The Bertz CT molecular complexity index is 1040. The average Bonchev–Trinajstić information content (AvgIpc) is 2.98. The van der Waals surface area contributed by atoms with E-state index in [-0.39, 0.29) is 22.4 Å². The predicted octanol–water partition coefficient (Wildman–Crippen LogP) is 6.58. The number of aryl methyl sites for hydroxylation is 1. The van der Waals surface area contributed by atoms with E-state index in [1.54, 1.807) is 18.3 Å². The van der Waals surface area contributed by atoms with Crippen molar-refractivity contribution in [3.8, 4) is 16.6 Å². The number of phenolic OH excluding ortho intramolecular Hbond substituents is 1. The van der Waals surface area contributed by atoms with E-state index in [9.17, 15) is 20.4 Å². The molecule has 0 bridgehead atoms. The van der Waals surface area contributed by atoms with Crippen LogP contribution in [0, 0.1) is 21.3 Å². The van der Waals surface area contributed by atoms with Crippen molar-refractivity contribution in [2.75, 3.05) is 0 Å². The SMILES string of the molecule is CCCn1cc(C(=O)c2cc(C(C)(C)C)c(O)c(C(C)(C)C)c2)c(SC#N)c1SC#N. The molecule has 0 saturated carbocycles. The monoisotopic (exact) mass is 455 g/mol. The normalized spacial score (nSPS) is 11.8. The van der Waals surface area contributed by atoms with Gasteiger partial charge in [-0.05, 0) is 41.1 Å². The van der Waals surface area contributed by atoms with Gasteiger partial charge in [-0.15, -0.1) is 0 Å². The van der Waals surface area contributed by atoms with E-state index in [0.29, 0.717) is 38.7 Å². The van der Waals surface area contributed by atoms with Crippen molar-refractivity contribution in [3.05, 3.63) is 40.6 Å². The van der Waals surface area contributed by atoms with Gasteiger partial charge in [0.25, 0.3) is 0 Å². The van der Waals surface area contributed by atoms with Crippen molar-refractivity contribution in [3.63, 3.8) is 0 Å². The molecule has 0 aliphatic rings. The highest BCUT2D eigenvalue weighted by atomic mass is 32.2. The van der Waals surface area contributed by atoms with Gasteiger partial charge in [0.05, 0.1) is 10.5 Å². The molecule has 0 amide bonds. The van der Waals surface area contributed by atoms with E-state index in [4.69, 9.17) is 0 Å². The van der Waals surface area contributed by atoms with Gasteiger partial charge >= 0.3 is 0 Å². The van der Waals surface area contributed by atoms with Crippen LogP contribution in [-0.4, -0.2) is 15.5 Å². The lowest BCUT2D eigenvalue weighted by molar-refractivity contribution is 0.103. The summed E-state index contributed by atoms with van der Waals surface area (Å²) in [6.45, 7) is 14.7. The molecule has 0 aliphatic carbocycles. The van der Waals surface area contributed by atoms with Gasteiger partial charge in [-0.1, -0.05) is 48.5 Å². The molecule has 1 heterocycles. The highest BCUT2D eigenvalue weighted by molar-refractivity contribution is 8.06.